The van der Waals surface area contributed by atoms with Crippen LogP contribution in [-0.2, 0) is 14.1 Å². The molecule has 4 aromatic heterocycles. The number of anilines is 2. The van der Waals surface area contributed by atoms with Gasteiger partial charge in [0.25, 0.3) is 0 Å². The number of nitrogens with zero attached hydrogens (tertiary/aromatic N) is 16. The van der Waals surface area contributed by atoms with Crippen molar-refractivity contribution in [3.05, 3.63) is 143 Å². The smallest absolute Gasteiger partial charge is 0.306 e. The second-order valence-corrected chi connectivity index (χ2v) is 19.0. The highest BCUT2D eigenvalue weighted by Crippen LogP contribution is 2.38. The van der Waals surface area contributed by atoms with Crippen molar-refractivity contribution in [2.24, 2.45) is 24.3 Å². The van der Waals surface area contributed by atoms with Crippen LogP contribution in [0.5, 0.6) is 0 Å². The number of carbonyl (C=O) groups is 2. The van der Waals surface area contributed by atoms with Crippen molar-refractivity contribution < 1.29 is 35.9 Å². The molecule has 0 saturated carbocycles. The second kappa shape index (κ2) is 21.3. The number of hydrogen-bond acceptors (Lipinski definition) is 14. The molecule has 20 nitrogen and oxygen atoms in total. The molecule has 6 heterocycles. The van der Waals surface area contributed by atoms with E-state index in [0.29, 0.717) is 55.6 Å². The summed E-state index contributed by atoms with van der Waals surface area (Å²) in [6.07, 6.45) is 6.72. The number of thioether (sulfide) groups is 2. The van der Waals surface area contributed by atoms with E-state index in [-0.39, 0.29) is 46.4 Å². The lowest BCUT2D eigenvalue weighted by atomic mass is 10.0. The molecule has 4 aromatic carbocycles. The number of hydrazone groups is 2. The lowest BCUT2D eigenvalue weighted by molar-refractivity contribution is -0.0337. The zero-order valence-corrected chi connectivity index (χ0v) is 41.1. The minimum Gasteiger partial charge on any atom is -0.306 e. The van der Waals surface area contributed by atoms with Gasteiger partial charge in [0.05, 0.1) is 55.1 Å². The first-order chi connectivity index (χ1) is 35.3. The number of tetrazole rings is 2. The van der Waals surface area contributed by atoms with Crippen LogP contribution in [-0.4, -0.2) is 118 Å². The number of alkyl halides is 6. The Morgan fingerprint density at radius 1 is 0.595 bits per heavy atom. The molecule has 0 aliphatic carbocycles. The van der Waals surface area contributed by atoms with Gasteiger partial charge in [0, 0.05) is 61.8 Å². The van der Waals surface area contributed by atoms with Crippen LogP contribution in [0.1, 0.15) is 23.2 Å². The monoisotopic (exact) mass is 1090 g/mol. The van der Waals surface area contributed by atoms with Crippen LogP contribution in [0.3, 0.4) is 0 Å². The fraction of sp³-hybridized carbons (Fsp3) is 0.182. The van der Waals surface area contributed by atoms with Crippen molar-refractivity contribution in [1.29, 1.82) is 0 Å². The number of urea groups is 2. The molecule has 0 radical (unpaired) electrons. The summed E-state index contributed by atoms with van der Waals surface area (Å²) in [4.78, 5) is 27.4. The number of aromatic nitrogens is 12. The number of hydrogen-bond donors (Lipinski definition) is 2. The van der Waals surface area contributed by atoms with E-state index in [1.807, 2.05) is 0 Å². The Kier molecular flexibility index (Phi) is 14.7. The van der Waals surface area contributed by atoms with Gasteiger partial charge in [0.2, 0.25) is 5.82 Å². The highest BCUT2D eigenvalue weighted by molar-refractivity contribution is 8.00. The molecule has 30 heteroatoms. The number of nitrogens with one attached hydrogen (secondary N) is 2. The molecule has 4 amide bonds. The zero-order chi connectivity index (χ0) is 52.3. The van der Waals surface area contributed by atoms with E-state index in [1.165, 1.54) is 68.0 Å². The van der Waals surface area contributed by atoms with E-state index in [9.17, 15) is 35.9 Å². The average Bonchev–Trinajstić information content (AvgIpc) is 4.23. The highest BCUT2D eigenvalue weighted by Gasteiger charge is 2.36. The van der Waals surface area contributed by atoms with E-state index < -0.39 is 35.2 Å². The van der Waals surface area contributed by atoms with Crippen molar-refractivity contribution in [2.75, 3.05) is 23.7 Å². The summed E-state index contributed by atoms with van der Waals surface area (Å²) in [6, 6.07) is 22.8. The lowest BCUT2D eigenvalue weighted by Crippen LogP contribution is -2.31. The zero-order valence-electron chi connectivity index (χ0n) is 37.9. The normalized spacial score (nSPS) is 15.6. The molecule has 0 saturated heterocycles. The number of carbonyl (C=O) groups excluding carboxylic acids is 2. The predicted molar refractivity (Wildman–Crippen MR) is 262 cm³/mol. The molecule has 0 fully saturated rings. The van der Waals surface area contributed by atoms with E-state index in [4.69, 9.17) is 23.2 Å². The standard InChI is InChI=1S/2C22H17ClF3N9OS/c1-33-20(29-31-32-33)14-10-27-34(11-14)18-12-35(30-19(18)13-2-4-15(23)5-3-13)21(36)28-16-6-8-17(9-7-16)37-22(24,25)26;1-33-31-20(29-32-33)14-10-27-34(11-14)18-12-35(30-19(18)13-2-4-15(23)5-3-13)21(36)28-16-6-8-17(9-7-16)37-22(24,25)26/h2*2-11,18H,12H2,1H3,(H,28,36). The molecule has 8 aromatic rings. The molecular weight excluding hydrogens is 1060 g/mol. The molecule has 380 valence electrons. The van der Waals surface area contributed by atoms with Crippen molar-refractivity contribution >= 4 is 81.6 Å². The minimum atomic E-state index is -4.39. The molecule has 74 heavy (non-hydrogen) atoms. The molecular formula is C44H34Cl2F6N18O2S2. The van der Waals surface area contributed by atoms with Gasteiger partial charge in [-0.15, -0.1) is 15.3 Å². The van der Waals surface area contributed by atoms with Gasteiger partial charge >= 0.3 is 23.1 Å². The fourth-order valence-electron chi connectivity index (χ4n) is 7.37. The van der Waals surface area contributed by atoms with Crippen LogP contribution in [0.15, 0.2) is 142 Å². The first-order valence-electron chi connectivity index (χ1n) is 21.4. The number of halogens is 8. The van der Waals surface area contributed by atoms with Gasteiger partial charge in [-0.1, -0.05) is 47.5 Å². The summed E-state index contributed by atoms with van der Waals surface area (Å²) < 4.78 is 80.3. The van der Waals surface area contributed by atoms with Gasteiger partial charge in [0.1, 0.15) is 12.1 Å². The van der Waals surface area contributed by atoms with Gasteiger partial charge in [-0.25, -0.2) is 24.3 Å². The van der Waals surface area contributed by atoms with Gasteiger partial charge in [0.15, 0.2) is 5.82 Å². The quantitative estimate of drug-likeness (QED) is 0.0968. The fourth-order valence-corrected chi connectivity index (χ4v) is 8.70. The summed E-state index contributed by atoms with van der Waals surface area (Å²) in [7, 11) is 3.37. The maximum absolute atomic E-state index is 13.0. The first kappa shape index (κ1) is 51.1. The third-order valence-corrected chi connectivity index (χ3v) is 12.7. The maximum atomic E-state index is 13.0. The van der Waals surface area contributed by atoms with Crippen molar-refractivity contribution in [1.82, 2.24) is 70.0 Å². The molecule has 2 atom stereocenters. The third kappa shape index (κ3) is 12.5. The molecule has 10 rings (SSSR count). The summed E-state index contributed by atoms with van der Waals surface area (Å²) in [6.45, 7) is 0.310. The van der Waals surface area contributed by atoms with Gasteiger partial charge in [-0.05, 0) is 112 Å². The van der Waals surface area contributed by atoms with E-state index in [0.717, 1.165) is 11.1 Å². The van der Waals surface area contributed by atoms with E-state index >= 15 is 0 Å². The first-order valence-corrected chi connectivity index (χ1v) is 23.8. The Labute approximate surface area is 432 Å². The van der Waals surface area contributed by atoms with Crippen LogP contribution in [0, 0.1) is 0 Å². The second-order valence-electron chi connectivity index (χ2n) is 15.8. The molecule has 2 aliphatic rings. The Bertz CT molecular complexity index is 3350. The Morgan fingerprint density at radius 2 is 1.04 bits per heavy atom. The SMILES string of the molecule is Cn1nnc(-c2cnn(C3CN(C(=O)Nc4ccc(SC(F)(F)F)cc4)N=C3c3ccc(Cl)cc3)c2)n1.Cn1nnnc1-c1cnn(C2CN(C(=O)Nc3ccc(SC(F)(F)F)cc3)N=C2c2ccc(Cl)cc2)c1. The molecule has 2 aliphatic heterocycles. The number of aryl methyl sites for hydroxylation is 2. The van der Waals surface area contributed by atoms with Gasteiger partial charge in [-0.2, -0.15) is 51.5 Å². The summed E-state index contributed by atoms with van der Waals surface area (Å²) in [5.41, 5.74) is -4.15. The minimum absolute atomic E-state index is 0.0156. The van der Waals surface area contributed by atoms with Gasteiger partial charge in [-0.3, -0.25) is 9.36 Å². The predicted octanol–water partition coefficient (Wildman–Crippen LogP) is 9.66. The van der Waals surface area contributed by atoms with Crippen molar-refractivity contribution in [3.8, 4) is 22.8 Å². The average molecular weight is 1100 g/mol. The topological polar surface area (TPSA) is 212 Å². The molecule has 0 spiro atoms. The largest absolute Gasteiger partial charge is 0.446 e. The third-order valence-electron chi connectivity index (χ3n) is 10.7. The van der Waals surface area contributed by atoms with Crippen LogP contribution in [0.25, 0.3) is 22.8 Å². The number of rotatable bonds is 10. The van der Waals surface area contributed by atoms with Crippen LogP contribution in [0.2, 0.25) is 10.0 Å². The highest BCUT2D eigenvalue weighted by atomic mass is 35.5. The van der Waals surface area contributed by atoms with Crippen molar-refractivity contribution in [3.63, 3.8) is 0 Å². The summed E-state index contributed by atoms with van der Waals surface area (Å²) in [5, 5.41) is 50.4. The molecule has 2 unspecified atom stereocenters. The maximum Gasteiger partial charge on any atom is 0.446 e. The number of amides is 4. The van der Waals surface area contributed by atoms with E-state index in [1.54, 1.807) is 96.8 Å². The van der Waals surface area contributed by atoms with Gasteiger partial charge < -0.3 is 10.6 Å². The number of benzene rings is 4. The molecule has 0 bridgehead atoms. The van der Waals surface area contributed by atoms with Crippen LogP contribution in [0.4, 0.5) is 47.3 Å². The Hall–Kier alpha value is -7.82. The summed E-state index contributed by atoms with van der Waals surface area (Å²) >= 11 is 11.6. The Morgan fingerprint density at radius 3 is 1.45 bits per heavy atom. The Balaban J connectivity index is 0.000000182. The molecule has 2 N–H and O–H groups in total. The lowest BCUT2D eigenvalue weighted by Gasteiger charge is -2.16. The van der Waals surface area contributed by atoms with Crippen LogP contribution < -0.4 is 10.6 Å². The summed E-state index contributed by atoms with van der Waals surface area (Å²) in [5.74, 6) is 0.925. The van der Waals surface area contributed by atoms with Crippen LogP contribution >= 0.6 is 46.7 Å². The van der Waals surface area contributed by atoms with Crippen molar-refractivity contribution in [2.45, 2.75) is 32.9 Å². The van der Waals surface area contributed by atoms with E-state index in [2.05, 4.69) is 62.0 Å².